The number of hydrogen-bond donors (Lipinski definition) is 0. The second-order valence-electron chi connectivity index (χ2n) is 5.09. The molecule has 1 aromatic carbocycles. The van der Waals surface area contributed by atoms with Crippen LogP contribution < -0.4 is 0 Å². The van der Waals surface area contributed by atoms with Crippen LogP contribution in [-0.2, 0) is 13.1 Å². The van der Waals surface area contributed by atoms with Gasteiger partial charge < -0.3 is 8.94 Å². The van der Waals surface area contributed by atoms with Crippen molar-refractivity contribution in [1.82, 2.24) is 15.0 Å². The van der Waals surface area contributed by atoms with E-state index in [0.29, 0.717) is 19.0 Å². The lowest BCUT2D eigenvalue weighted by molar-refractivity contribution is 0.272. The summed E-state index contributed by atoms with van der Waals surface area (Å²) in [5.41, 5.74) is 1.94. The van der Waals surface area contributed by atoms with Crippen LogP contribution in [0.2, 0.25) is 0 Å². The molecule has 0 amide bonds. The van der Waals surface area contributed by atoms with Gasteiger partial charge >= 0.3 is 0 Å². The zero-order valence-electron chi connectivity index (χ0n) is 12.1. The Labute approximate surface area is 123 Å². The smallest absolute Gasteiger partial charge is 0.209 e. The van der Waals surface area contributed by atoms with Gasteiger partial charge in [-0.15, -0.1) is 0 Å². The first kappa shape index (κ1) is 13.6. The summed E-state index contributed by atoms with van der Waals surface area (Å²) in [5, 5.41) is 3.98. The highest BCUT2D eigenvalue weighted by Crippen LogP contribution is 2.20. The third kappa shape index (κ3) is 3.38. The van der Waals surface area contributed by atoms with Crippen LogP contribution in [0.25, 0.3) is 11.3 Å². The third-order valence-corrected chi connectivity index (χ3v) is 3.13. The zero-order valence-corrected chi connectivity index (χ0v) is 12.1. The van der Waals surface area contributed by atoms with Crippen LogP contribution in [0.4, 0.5) is 0 Å². The molecule has 5 nitrogen and oxygen atoms in total. The van der Waals surface area contributed by atoms with Crippen molar-refractivity contribution in [2.75, 3.05) is 7.05 Å². The van der Waals surface area contributed by atoms with Crippen LogP contribution in [0.5, 0.6) is 0 Å². The van der Waals surface area contributed by atoms with E-state index < -0.39 is 0 Å². The molecule has 5 heteroatoms. The lowest BCUT2D eigenvalue weighted by Crippen LogP contribution is -2.17. The molecular weight excluding hydrogens is 266 g/mol. The van der Waals surface area contributed by atoms with Crippen LogP contribution in [0.3, 0.4) is 0 Å². The van der Waals surface area contributed by atoms with Crippen LogP contribution in [0.15, 0.2) is 51.5 Å². The fourth-order valence-corrected chi connectivity index (χ4v) is 2.18. The van der Waals surface area contributed by atoms with Gasteiger partial charge in [0, 0.05) is 18.2 Å². The Kier molecular flexibility index (Phi) is 3.83. The molecule has 0 aliphatic heterocycles. The van der Waals surface area contributed by atoms with Gasteiger partial charge in [-0.05, 0) is 14.0 Å². The van der Waals surface area contributed by atoms with Gasteiger partial charge in [-0.3, -0.25) is 4.90 Å². The van der Waals surface area contributed by atoms with Gasteiger partial charge in [0.1, 0.15) is 5.76 Å². The molecule has 3 rings (SSSR count). The molecule has 2 aromatic heterocycles. The fraction of sp³-hybridized carbons (Fsp3) is 0.250. The van der Waals surface area contributed by atoms with Gasteiger partial charge in [0.05, 0.1) is 18.4 Å². The standard InChI is InChI=1S/C16H17N3O2/c1-12-8-14(18-21-12)10-19(2)11-16-17-9-15(20-16)13-6-4-3-5-7-13/h3-9H,10-11H2,1-2H3. The van der Waals surface area contributed by atoms with Gasteiger partial charge in [-0.1, -0.05) is 35.5 Å². The molecule has 0 N–H and O–H groups in total. The number of aryl methyl sites for hydroxylation is 1. The molecular formula is C16H17N3O2. The normalized spacial score (nSPS) is 11.2. The minimum absolute atomic E-state index is 0.624. The van der Waals surface area contributed by atoms with E-state index in [0.717, 1.165) is 22.8 Å². The summed E-state index contributed by atoms with van der Waals surface area (Å²) in [6.07, 6.45) is 1.76. The Balaban J connectivity index is 1.64. The Morgan fingerprint density at radius 3 is 2.67 bits per heavy atom. The maximum atomic E-state index is 5.79. The predicted octanol–water partition coefficient (Wildman–Crippen LogP) is 3.27. The summed E-state index contributed by atoms with van der Waals surface area (Å²) in [6, 6.07) is 11.9. The maximum Gasteiger partial charge on any atom is 0.209 e. The Morgan fingerprint density at radius 2 is 1.95 bits per heavy atom. The molecule has 0 aliphatic rings. The Bertz CT molecular complexity index is 703. The van der Waals surface area contributed by atoms with Gasteiger partial charge in [0.25, 0.3) is 0 Å². The SMILES string of the molecule is Cc1cc(CN(C)Cc2ncc(-c3ccccc3)o2)no1. The van der Waals surface area contributed by atoms with Crippen molar-refractivity contribution >= 4 is 0 Å². The number of hydrogen-bond acceptors (Lipinski definition) is 5. The molecule has 3 aromatic rings. The van der Waals surface area contributed by atoms with Crippen molar-refractivity contribution in [2.24, 2.45) is 0 Å². The first-order valence-electron chi connectivity index (χ1n) is 6.81. The van der Waals surface area contributed by atoms with Crippen molar-refractivity contribution in [3.05, 3.63) is 59.9 Å². The average Bonchev–Trinajstić information content (AvgIpc) is 3.09. The zero-order chi connectivity index (χ0) is 14.7. The molecule has 0 fully saturated rings. The summed E-state index contributed by atoms with van der Waals surface area (Å²) in [5.74, 6) is 2.30. The summed E-state index contributed by atoms with van der Waals surface area (Å²) in [4.78, 5) is 6.41. The van der Waals surface area contributed by atoms with E-state index in [1.54, 1.807) is 6.20 Å². The molecule has 0 saturated carbocycles. The number of benzene rings is 1. The molecule has 2 heterocycles. The third-order valence-electron chi connectivity index (χ3n) is 3.13. The minimum Gasteiger partial charge on any atom is -0.439 e. The highest BCUT2D eigenvalue weighted by molar-refractivity contribution is 5.55. The highest BCUT2D eigenvalue weighted by atomic mass is 16.5. The number of aromatic nitrogens is 2. The first-order chi connectivity index (χ1) is 10.2. The van der Waals surface area contributed by atoms with Crippen LogP contribution in [0, 0.1) is 6.92 Å². The van der Waals surface area contributed by atoms with Gasteiger partial charge in [0.2, 0.25) is 5.89 Å². The van der Waals surface area contributed by atoms with Crippen molar-refractivity contribution in [3.8, 4) is 11.3 Å². The fourth-order valence-electron chi connectivity index (χ4n) is 2.18. The van der Waals surface area contributed by atoms with Gasteiger partial charge in [0.15, 0.2) is 5.76 Å². The van der Waals surface area contributed by atoms with E-state index in [4.69, 9.17) is 8.94 Å². The van der Waals surface area contributed by atoms with Crippen molar-refractivity contribution in [2.45, 2.75) is 20.0 Å². The molecule has 0 saturated heterocycles. The Morgan fingerprint density at radius 1 is 1.14 bits per heavy atom. The molecule has 0 bridgehead atoms. The molecule has 108 valence electrons. The lowest BCUT2D eigenvalue weighted by atomic mass is 10.2. The maximum absolute atomic E-state index is 5.79. The summed E-state index contributed by atoms with van der Waals surface area (Å²) < 4.78 is 10.8. The van der Waals surface area contributed by atoms with Crippen molar-refractivity contribution in [3.63, 3.8) is 0 Å². The quantitative estimate of drug-likeness (QED) is 0.719. The van der Waals surface area contributed by atoms with Crippen LogP contribution in [-0.4, -0.2) is 22.1 Å². The molecule has 0 aliphatic carbocycles. The average molecular weight is 283 g/mol. The molecule has 0 spiro atoms. The summed E-state index contributed by atoms with van der Waals surface area (Å²) in [7, 11) is 2.00. The van der Waals surface area contributed by atoms with E-state index in [1.807, 2.05) is 50.4 Å². The van der Waals surface area contributed by atoms with Gasteiger partial charge in [-0.25, -0.2) is 4.98 Å². The lowest BCUT2D eigenvalue weighted by Gasteiger charge is -2.11. The topological polar surface area (TPSA) is 55.3 Å². The van der Waals surface area contributed by atoms with Crippen LogP contribution >= 0.6 is 0 Å². The summed E-state index contributed by atoms with van der Waals surface area (Å²) in [6.45, 7) is 3.20. The largest absolute Gasteiger partial charge is 0.439 e. The number of oxazole rings is 1. The first-order valence-corrected chi connectivity index (χ1v) is 6.81. The number of nitrogens with zero attached hydrogens (tertiary/aromatic N) is 3. The molecule has 0 atom stereocenters. The van der Waals surface area contributed by atoms with E-state index in [2.05, 4.69) is 15.0 Å². The second kappa shape index (κ2) is 5.93. The Hall–Kier alpha value is -2.40. The monoisotopic (exact) mass is 283 g/mol. The van der Waals surface area contributed by atoms with E-state index in [9.17, 15) is 0 Å². The predicted molar refractivity (Wildman–Crippen MR) is 78.4 cm³/mol. The van der Waals surface area contributed by atoms with Gasteiger partial charge in [-0.2, -0.15) is 0 Å². The van der Waals surface area contributed by atoms with E-state index in [1.165, 1.54) is 0 Å². The van der Waals surface area contributed by atoms with Crippen molar-refractivity contribution in [1.29, 1.82) is 0 Å². The minimum atomic E-state index is 0.624. The second-order valence-corrected chi connectivity index (χ2v) is 5.09. The molecule has 21 heavy (non-hydrogen) atoms. The molecule has 0 unspecified atom stereocenters. The summed E-state index contributed by atoms with van der Waals surface area (Å²) >= 11 is 0. The van der Waals surface area contributed by atoms with Crippen molar-refractivity contribution < 1.29 is 8.94 Å². The highest BCUT2D eigenvalue weighted by Gasteiger charge is 2.10. The van der Waals surface area contributed by atoms with Crippen LogP contribution in [0.1, 0.15) is 17.3 Å². The molecule has 0 radical (unpaired) electrons. The van der Waals surface area contributed by atoms with E-state index in [-0.39, 0.29) is 0 Å². The number of rotatable bonds is 5. The van der Waals surface area contributed by atoms with E-state index >= 15 is 0 Å².